The van der Waals surface area contributed by atoms with Gasteiger partial charge in [-0.15, -0.1) is 0 Å². The number of nitrogens with one attached hydrogen (secondary N) is 2. The number of rotatable bonds is 6. The van der Waals surface area contributed by atoms with E-state index in [-0.39, 0.29) is 5.91 Å². The monoisotopic (exact) mass is 282 g/mol. The summed E-state index contributed by atoms with van der Waals surface area (Å²) in [5.41, 5.74) is 2.11. The molecule has 21 heavy (non-hydrogen) atoms. The number of carbonyl (C=O) groups is 1. The quantitative estimate of drug-likeness (QED) is 0.680. The second-order valence-corrected chi connectivity index (χ2v) is 5.04. The summed E-state index contributed by atoms with van der Waals surface area (Å²) >= 11 is 0. The van der Waals surface area contributed by atoms with E-state index in [1.165, 1.54) is 0 Å². The van der Waals surface area contributed by atoms with Crippen molar-refractivity contribution in [2.45, 2.75) is 19.4 Å². The van der Waals surface area contributed by atoms with Crippen molar-refractivity contribution in [2.75, 3.05) is 6.54 Å². The van der Waals surface area contributed by atoms with E-state index in [0.717, 1.165) is 29.4 Å². The van der Waals surface area contributed by atoms with Gasteiger partial charge in [0.15, 0.2) is 0 Å². The van der Waals surface area contributed by atoms with Crippen molar-refractivity contribution in [1.82, 2.24) is 19.9 Å². The fourth-order valence-corrected chi connectivity index (χ4v) is 2.42. The van der Waals surface area contributed by atoms with E-state index in [4.69, 9.17) is 0 Å². The number of imidazole rings is 1. The number of fused-ring (bicyclic) bond motifs is 1. The van der Waals surface area contributed by atoms with Crippen LogP contribution in [0.3, 0.4) is 0 Å². The van der Waals surface area contributed by atoms with Crippen LogP contribution in [0.2, 0.25) is 0 Å². The Hall–Kier alpha value is -2.56. The minimum absolute atomic E-state index is 0.0605. The predicted molar refractivity (Wildman–Crippen MR) is 81.9 cm³/mol. The number of amides is 1. The molecule has 108 valence electrons. The average molecular weight is 282 g/mol. The lowest BCUT2D eigenvalue weighted by Crippen LogP contribution is -2.26. The molecule has 5 nitrogen and oxygen atoms in total. The average Bonchev–Trinajstić information content (AvgIpc) is 3.14. The highest BCUT2D eigenvalue weighted by Gasteiger charge is 2.07. The molecule has 0 saturated carbocycles. The molecule has 0 saturated heterocycles. The predicted octanol–water partition coefficient (Wildman–Crippen LogP) is 2.11. The topological polar surface area (TPSA) is 62.7 Å². The van der Waals surface area contributed by atoms with Crippen LogP contribution in [0, 0.1) is 0 Å². The van der Waals surface area contributed by atoms with Crippen LogP contribution >= 0.6 is 0 Å². The van der Waals surface area contributed by atoms with Gasteiger partial charge >= 0.3 is 0 Å². The Kier molecular flexibility index (Phi) is 4.00. The fraction of sp³-hybridized carbons (Fsp3) is 0.250. The van der Waals surface area contributed by atoms with Crippen LogP contribution in [0.5, 0.6) is 0 Å². The van der Waals surface area contributed by atoms with Crippen LogP contribution in [-0.4, -0.2) is 27.0 Å². The van der Waals surface area contributed by atoms with E-state index in [9.17, 15) is 4.79 Å². The van der Waals surface area contributed by atoms with Gasteiger partial charge in [0.05, 0.1) is 12.7 Å². The molecule has 0 aliphatic heterocycles. The Morgan fingerprint density at radius 2 is 2.24 bits per heavy atom. The highest BCUT2D eigenvalue weighted by Crippen LogP contribution is 2.17. The van der Waals surface area contributed by atoms with Gasteiger partial charge in [0.1, 0.15) is 0 Å². The minimum Gasteiger partial charge on any atom is -0.361 e. The molecule has 5 heteroatoms. The number of carbonyl (C=O) groups excluding carboxylic acids is 1. The summed E-state index contributed by atoms with van der Waals surface area (Å²) < 4.78 is 2.01. The molecule has 1 aromatic carbocycles. The van der Waals surface area contributed by atoms with Crippen LogP contribution in [-0.2, 0) is 17.8 Å². The van der Waals surface area contributed by atoms with Crippen LogP contribution in [0.4, 0.5) is 0 Å². The third-order valence-corrected chi connectivity index (χ3v) is 3.50. The van der Waals surface area contributed by atoms with Gasteiger partial charge in [-0.05, 0) is 18.1 Å². The number of para-hydroxylation sites is 1. The van der Waals surface area contributed by atoms with Gasteiger partial charge < -0.3 is 14.9 Å². The number of aromatic amines is 1. The molecule has 3 aromatic rings. The van der Waals surface area contributed by atoms with Gasteiger partial charge in [-0.1, -0.05) is 18.2 Å². The SMILES string of the molecule is O=C(Cc1c[nH]c2ccccc12)NCCCn1ccnc1. The van der Waals surface area contributed by atoms with Crippen molar-refractivity contribution in [3.63, 3.8) is 0 Å². The number of hydrogen-bond acceptors (Lipinski definition) is 2. The van der Waals surface area contributed by atoms with Crippen molar-refractivity contribution < 1.29 is 4.79 Å². The summed E-state index contributed by atoms with van der Waals surface area (Å²) in [6.45, 7) is 1.55. The zero-order chi connectivity index (χ0) is 14.5. The maximum atomic E-state index is 12.0. The number of H-pyrrole nitrogens is 1. The lowest BCUT2D eigenvalue weighted by Gasteiger charge is -2.05. The van der Waals surface area contributed by atoms with Gasteiger partial charge in [0.2, 0.25) is 5.91 Å². The number of aromatic nitrogens is 3. The standard InChI is InChI=1S/C16H18N4O/c21-16(18-6-3-8-20-9-7-17-12-20)10-13-11-19-15-5-2-1-4-14(13)15/h1-2,4-5,7,9,11-12,19H,3,6,8,10H2,(H,18,21). The highest BCUT2D eigenvalue weighted by atomic mass is 16.1. The summed E-state index contributed by atoms with van der Waals surface area (Å²) in [4.78, 5) is 19.1. The minimum atomic E-state index is 0.0605. The number of benzene rings is 1. The van der Waals surface area contributed by atoms with Crippen molar-refractivity contribution >= 4 is 16.8 Å². The maximum Gasteiger partial charge on any atom is 0.224 e. The maximum absolute atomic E-state index is 12.0. The molecule has 2 heterocycles. The van der Waals surface area contributed by atoms with E-state index >= 15 is 0 Å². The molecule has 0 unspecified atom stereocenters. The lowest BCUT2D eigenvalue weighted by molar-refractivity contribution is -0.120. The summed E-state index contributed by atoms with van der Waals surface area (Å²) in [5.74, 6) is 0.0605. The zero-order valence-electron chi connectivity index (χ0n) is 11.7. The molecule has 2 N–H and O–H groups in total. The highest BCUT2D eigenvalue weighted by molar-refractivity contribution is 5.88. The van der Waals surface area contributed by atoms with Crippen molar-refractivity contribution in [1.29, 1.82) is 0 Å². The van der Waals surface area contributed by atoms with E-state index in [1.54, 1.807) is 12.5 Å². The Morgan fingerprint density at radius 3 is 3.10 bits per heavy atom. The Labute approximate surface area is 123 Å². The normalized spacial score (nSPS) is 10.9. The smallest absolute Gasteiger partial charge is 0.224 e. The molecular weight excluding hydrogens is 264 g/mol. The largest absolute Gasteiger partial charge is 0.361 e. The first-order chi connectivity index (χ1) is 10.3. The van der Waals surface area contributed by atoms with Gasteiger partial charge in [0, 0.05) is 42.6 Å². The number of hydrogen-bond donors (Lipinski definition) is 2. The second-order valence-electron chi connectivity index (χ2n) is 5.04. The van der Waals surface area contributed by atoms with Crippen molar-refractivity contribution in [3.8, 4) is 0 Å². The van der Waals surface area contributed by atoms with Gasteiger partial charge in [0.25, 0.3) is 0 Å². The van der Waals surface area contributed by atoms with Crippen molar-refractivity contribution in [2.24, 2.45) is 0 Å². The second kappa shape index (κ2) is 6.26. The third kappa shape index (κ3) is 3.31. The fourth-order valence-electron chi connectivity index (χ4n) is 2.42. The summed E-state index contributed by atoms with van der Waals surface area (Å²) in [5, 5.41) is 4.08. The summed E-state index contributed by atoms with van der Waals surface area (Å²) in [6, 6.07) is 8.02. The first-order valence-electron chi connectivity index (χ1n) is 7.10. The van der Waals surface area contributed by atoms with Crippen LogP contribution in [0.15, 0.2) is 49.2 Å². The summed E-state index contributed by atoms with van der Waals surface area (Å²) in [7, 11) is 0. The van der Waals surface area contributed by atoms with E-state index in [2.05, 4.69) is 15.3 Å². The van der Waals surface area contributed by atoms with E-state index < -0.39 is 0 Å². The van der Waals surface area contributed by atoms with E-state index in [1.807, 2.05) is 41.2 Å². The molecule has 2 aromatic heterocycles. The molecule has 0 bridgehead atoms. The first kappa shape index (κ1) is 13.4. The Morgan fingerprint density at radius 1 is 1.33 bits per heavy atom. The van der Waals surface area contributed by atoms with E-state index in [0.29, 0.717) is 13.0 Å². The molecule has 0 atom stereocenters. The molecule has 0 aliphatic rings. The summed E-state index contributed by atoms with van der Waals surface area (Å²) in [6.07, 6.45) is 8.69. The first-order valence-corrected chi connectivity index (χ1v) is 7.10. The van der Waals surface area contributed by atoms with Gasteiger partial charge in [-0.2, -0.15) is 0 Å². The molecule has 0 fully saturated rings. The number of aryl methyl sites for hydroxylation is 1. The Bertz CT molecular complexity index is 715. The van der Waals surface area contributed by atoms with Crippen LogP contribution in [0.1, 0.15) is 12.0 Å². The molecule has 0 spiro atoms. The molecule has 0 aliphatic carbocycles. The molecular formula is C16H18N4O. The Balaban J connectivity index is 1.48. The van der Waals surface area contributed by atoms with Gasteiger partial charge in [-0.3, -0.25) is 4.79 Å². The van der Waals surface area contributed by atoms with Crippen LogP contribution in [0.25, 0.3) is 10.9 Å². The molecule has 0 radical (unpaired) electrons. The third-order valence-electron chi connectivity index (χ3n) is 3.50. The van der Waals surface area contributed by atoms with Crippen molar-refractivity contribution in [3.05, 3.63) is 54.7 Å². The molecule has 3 rings (SSSR count). The number of nitrogens with zero attached hydrogens (tertiary/aromatic N) is 2. The van der Waals surface area contributed by atoms with Crippen LogP contribution < -0.4 is 5.32 Å². The van der Waals surface area contributed by atoms with Gasteiger partial charge in [-0.25, -0.2) is 4.98 Å². The molecule has 1 amide bonds. The lowest BCUT2D eigenvalue weighted by atomic mass is 10.1. The zero-order valence-corrected chi connectivity index (χ0v) is 11.7.